The van der Waals surface area contributed by atoms with Crippen molar-refractivity contribution in [3.05, 3.63) is 68.7 Å². The summed E-state index contributed by atoms with van der Waals surface area (Å²) >= 11 is 3.10. The summed E-state index contributed by atoms with van der Waals surface area (Å²) in [6.07, 6.45) is 0. The Morgan fingerprint density at radius 2 is 1.60 bits per heavy atom. The minimum atomic E-state index is -0.561. The van der Waals surface area contributed by atoms with E-state index >= 15 is 0 Å². The molecule has 4 heteroatoms. The average molecular weight is 340 g/mol. The normalized spacial score (nSPS) is 12.5. The highest BCUT2D eigenvalue weighted by molar-refractivity contribution is 9.10. The maximum Gasteiger partial charge on any atom is 0.132 e. The zero-order valence-electron chi connectivity index (χ0n) is 11.6. The molecule has 0 aromatic heterocycles. The molecule has 1 nitrogen and oxygen atoms in total. The predicted octanol–water partition coefficient (Wildman–Crippen LogP) is 4.65. The molecule has 0 saturated heterocycles. The molecule has 0 heterocycles. The van der Waals surface area contributed by atoms with Gasteiger partial charge in [0, 0.05) is 10.0 Å². The standard InChI is InChI=1S/C16H16BrF2N/c1-9-4-5-11(6-10(9)2)16(20-3)15-13(18)7-12(17)8-14(15)19/h4-8,16,20H,1-3H3. The first kappa shape index (κ1) is 15.1. The number of hydrogen-bond donors (Lipinski definition) is 1. The van der Waals surface area contributed by atoms with Crippen molar-refractivity contribution >= 4 is 15.9 Å². The lowest BCUT2D eigenvalue weighted by Gasteiger charge is -2.20. The Morgan fingerprint density at radius 1 is 1.00 bits per heavy atom. The number of rotatable bonds is 3. The van der Waals surface area contributed by atoms with Crippen LogP contribution in [0.2, 0.25) is 0 Å². The van der Waals surface area contributed by atoms with Crippen LogP contribution in [0.3, 0.4) is 0 Å². The summed E-state index contributed by atoms with van der Waals surface area (Å²) in [5.41, 5.74) is 3.13. The Kier molecular flexibility index (Phi) is 4.55. The van der Waals surface area contributed by atoms with Gasteiger partial charge >= 0.3 is 0 Å². The van der Waals surface area contributed by atoms with Crippen LogP contribution in [0.4, 0.5) is 8.78 Å². The molecule has 0 aliphatic rings. The molecule has 0 aliphatic carbocycles. The monoisotopic (exact) mass is 339 g/mol. The molecule has 0 saturated carbocycles. The van der Waals surface area contributed by atoms with E-state index in [1.165, 1.54) is 12.1 Å². The van der Waals surface area contributed by atoms with Crippen LogP contribution in [-0.4, -0.2) is 7.05 Å². The minimum Gasteiger partial charge on any atom is -0.309 e. The highest BCUT2D eigenvalue weighted by atomic mass is 79.9. The molecule has 0 spiro atoms. The Hall–Kier alpha value is -1.26. The fraction of sp³-hybridized carbons (Fsp3) is 0.250. The van der Waals surface area contributed by atoms with Crippen LogP contribution >= 0.6 is 15.9 Å². The zero-order chi connectivity index (χ0) is 14.9. The van der Waals surface area contributed by atoms with E-state index in [1.54, 1.807) is 7.05 Å². The Balaban J connectivity index is 2.55. The quantitative estimate of drug-likeness (QED) is 0.857. The Morgan fingerprint density at radius 3 is 2.10 bits per heavy atom. The lowest BCUT2D eigenvalue weighted by Crippen LogP contribution is -2.20. The largest absolute Gasteiger partial charge is 0.309 e. The smallest absolute Gasteiger partial charge is 0.132 e. The third-order valence-electron chi connectivity index (χ3n) is 3.49. The number of aryl methyl sites for hydroxylation is 2. The summed E-state index contributed by atoms with van der Waals surface area (Å²) in [5, 5.41) is 2.99. The van der Waals surface area contributed by atoms with E-state index in [1.807, 2.05) is 32.0 Å². The molecule has 106 valence electrons. The lowest BCUT2D eigenvalue weighted by molar-refractivity contribution is 0.521. The van der Waals surface area contributed by atoms with Gasteiger partial charge < -0.3 is 5.32 Å². The fourth-order valence-electron chi connectivity index (χ4n) is 2.25. The average Bonchev–Trinajstić information content (AvgIpc) is 2.37. The van der Waals surface area contributed by atoms with Gasteiger partial charge in [-0.15, -0.1) is 0 Å². The SMILES string of the molecule is CNC(c1ccc(C)c(C)c1)c1c(F)cc(Br)cc1F. The Bertz CT molecular complexity index is 617. The molecule has 2 aromatic carbocycles. The van der Waals surface area contributed by atoms with Gasteiger partial charge in [-0.25, -0.2) is 8.78 Å². The van der Waals surface area contributed by atoms with Crippen LogP contribution in [0.15, 0.2) is 34.8 Å². The van der Waals surface area contributed by atoms with Crippen molar-refractivity contribution in [2.24, 2.45) is 0 Å². The van der Waals surface area contributed by atoms with Crippen molar-refractivity contribution in [3.8, 4) is 0 Å². The number of benzene rings is 2. The van der Waals surface area contributed by atoms with E-state index in [2.05, 4.69) is 21.2 Å². The van der Waals surface area contributed by atoms with Crippen LogP contribution in [0.5, 0.6) is 0 Å². The molecule has 0 aliphatic heterocycles. The summed E-state index contributed by atoms with van der Waals surface area (Å²) in [4.78, 5) is 0. The van der Waals surface area contributed by atoms with Crippen molar-refractivity contribution < 1.29 is 8.78 Å². The summed E-state index contributed by atoms with van der Waals surface area (Å²) in [6.45, 7) is 3.99. The molecule has 20 heavy (non-hydrogen) atoms. The van der Waals surface area contributed by atoms with Crippen molar-refractivity contribution in [1.82, 2.24) is 5.32 Å². The highest BCUT2D eigenvalue weighted by Crippen LogP contribution is 2.30. The predicted molar refractivity (Wildman–Crippen MR) is 80.9 cm³/mol. The van der Waals surface area contributed by atoms with Gasteiger partial charge in [-0.1, -0.05) is 34.1 Å². The van der Waals surface area contributed by atoms with Crippen molar-refractivity contribution in [1.29, 1.82) is 0 Å². The molecule has 0 radical (unpaired) electrons. The van der Waals surface area contributed by atoms with Crippen LogP contribution in [0.1, 0.15) is 28.3 Å². The number of nitrogens with one attached hydrogen (secondary N) is 1. The summed E-state index contributed by atoms with van der Waals surface area (Å²) < 4.78 is 28.6. The second-order valence-electron chi connectivity index (χ2n) is 4.85. The number of hydrogen-bond acceptors (Lipinski definition) is 1. The lowest BCUT2D eigenvalue weighted by atomic mass is 9.95. The van der Waals surface area contributed by atoms with Crippen LogP contribution in [-0.2, 0) is 0 Å². The van der Waals surface area contributed by atoms with Crippen LogP contribution in [0.25, 0.3) is 0 Å². The van der Waals surface area contributed by atoms with E-state index < -0.39 is 17.7 Å². The molecule has 1 atom stereocenters. The maximum atomic E-state index is 14.1. The van der Waals surface area contributed by atoms with Crippen molar-refractivity contribution in [3.63, 3.8) is 0 Å². The van der Waals surface area contributed by atoms with E-state index in [0.717, 1.165) is 16.7 Å². The van der Waals surface area contributed by atoms with Gasteiger partial charge in [-0.05, 0) is 49.7 Å². The second kappa shape index (κ2) is 6.02. The van der Waals surface area contributed by atoms with Crippen molar-refractivity contribution in [2.75, 3.05) is 7.05 Å². The molecular formula is C16H16BrF2N. The van der Waals surface area contributed by atoms with Crippen LogP contribution in [0, 0.1) is 25.5 Å². The van der Waals surface area contributed by atoms with E-state index in [-0.39, 0.29) is 5.56 Å². The third kappa shape index (κ3) is 2.91. The molecule has 1 N–H and O–H groups in total. The first-order valence-electron chi connectivity index (χ1n) is 6.33. The first-order valence-corrected chi connectivity index (χ1v) is 7.12. The van der Waals surface area contributed by atoms with Gasteiger partial charge in [-0.2, -0.15) is 0 Å². The third-order valence-corrected chi connectivity index (χ3v) is 3.94. The van der Waals surface area contributed by atoms with Crippen LogP contribution < -0.4 is 5.32 Å². The fourth-order valence-corrected chi connectivity index (χ4v) is 2.65. The highest BCUT2D eigenvalue weighted by Gasteiger charge is 2.21. The second-order valence-corrected chi connectivity index (χ2v) is 5.76. The summed E-state index contributed by atoms with van der Waals surface area (Å²) in [7, 11) is 1.70. The van der Waals surface area contributed by atoms with Gasteiger partial charge in [0.25, 0.3) is 0 Å². The van der Waals surface area contributed by atoms with Gasteiger partial charge in [0.1, 0.15) is 11.6 Å². The molecule has 0 fully saturated rings. The van der Waals surface area contributed by atoms with Gasteiger partial charge in [0.15, 0.2) is 0 Å². The van der Waals surface area contributed by atoms with Crippen molar-refractivity contribution in [2.45, 2.75) is 19.9 Å². The Labute approximate surface area is 126 Å². The van der Waals surface area contributed by atoms with E-state index in [4.69, 9.17) is 0 Å². The molecule has 1 unspecified atom stereocenters. The number of halogens is 3. The summed E-state index contributed by atoms with van der Waals surface area (Å²) in [5.74, 6) is -1.12. The minimum absolute atomic E-state index is 0.0407. The van der Waals surface area contributed by atoms with E-state index in [0.29, 0.717) is 4.47 Å². The first-order chi connectivity index (χ1) is 9.43. The van der Waals surface area contributed by atoms with E-state index in [9.17, 15) is 8.78 Å². The molecule has 0 amide bonds. The zero-order valence-corrected chi connectivity index (χ0v) is 13.2. The van der Waals surface area contributed by atoms with Gasteiger partial charge in [-0.3, -0.25) is 0 Å². The molecule has 0 bridgehead atoms. The maximum absolute atomic E-state index is 14.1. The molecular weight excluding hydrogens is 324 g/mol. The molecule has 2 rings (SSSR count). The van der Waals surface area contributed by atoms with Gasteiger partial charge in [0.2, 0.25) is 0 Å². The topological polar surface area (TPSA) is 12.0 Å². The van der Waals surface area contributed by atoms with Gasteiger partial charge in [0.05, 0.1) is 6.04 Å². The molecule has 2 aromatic rings. The summed E-state index contributed by atoms with van der Waals surface area (Å²) in [6, 6.07) is 7.86.